The van der Waals surface area contributed by atoms with Crippen LogP contribution in [-0.2, 0) is 16.0 Å². The largest absolute Gasteiger partial charge is 0.465 e. The lowest BCUT2D eigenvalue weighted by atomic mass is 9.89. The quantitative estimate of drug-likeness (QED) is 0.813. The Hall–Kier alpha value is -1.35. The van der Waals surface area contributed by atoms with Crippen LogP contribution in [-0.4, -0.2) is 18.1 Å². The van der Waals surface area contributed by atoms with Crippen LogP contribution in [0.3, 0.4) is 0 Å². The van der Waals surface area contributed by atoms with Gasteiger partial charge in [0.15, 0.2) is 0 Å². The average molecular weight is 235 g/mol. The van der Waals surface area contributed by atoms with Gasteiger partial charge in [-0.1, -0.05) is 18.2 Å². The van der Waals surface area contributed by atoms with Crippen LogP contribution >= 0.6 is 0 Å². The number of hydrogen-bond acceptors (Lipinski definition) is 3. The Labute approximate surface area is 103 Å². The van der Waals surface area contributed by atoms with E-state index in [1.54, 1.807) is 13.8 Å². The molecule has 0 aliphatic heterocycles. The Morgan fingerprint density at radius 1 is 1.35 bits per heavy atom. The van der Waals surface area contributed by atoms with Crippen molar-refractivity contribution in [3.63, 3.8) is 0 Å². The molecule has 94 valence electrons. The third-order valence-electron chi connectivity index (χ3n) is 2.93. The van der Waals surface area contributed by atoms with E-state index in [0.29, 0.717) is 13.0 Å². The van der Waals surface area contributed by atoms with Gasteiger partial charge in [0.2, 0.25) is 0 Å². The molecular formula is C14H21NO2. The highest BCUT2D eigenvalue weighted by Crippen LogP contribution is 2.19. The number of aryl methyl sites for hydroxylation is 2. The molecular weight excluding hydrogens is 214 g/mol. The Morgan fingerprint density at radius 3 is 2.35 bits per heavy atom. The number of rotatable bonds is 4. The van der Waals surface area contributed by atoms with Gasteiger partial charge in [0.25, 0.3) is 0 Å². The number of nitrogens with two attached hydrogens (primary N) is 1. The molecule has 0 aliphatic rings. The first-order chi connectivity index (χ1) is 7.88. The lowest BCUT2D eigenvalue weighted by Gasteiger charge is -2.24. The molecule has 0 heterocycles. The average Bonchev–Trinajstić information content (AvgIpc) is 2.24. The molecule has 0 saturated heterocycles. The van der Waals surface area contributed by atoms with Gasteiger partial charge in [-0.25, -0.2) is 0 Å². The summed E-state index contributed by atoms with van der Waals surface area (Å²) in [5, 5.41) is 0. The summed E-state index contributed by atoms with van der Waals surface area (Å²) in [6.45, 7) is 7.93. The van der Waals surface area contributed by atoms with Crippen LogP contribution in [0.1, 0.15) is 30.5 Å². The Balaban J connectivity index is 2.93. The molecule has 1 atom stereocenters. The smallest absolute Gasteiger partial charge is 0.326 e. The molecule has 0 fully saturated rings. The van der Waals surface area contributed by atoms with E-state index in [2.05, 4.69) is 0 Å². The second-order valence-electron chi connectivity index (χ2n) is 4.69. The monoisotopic (exact) mass is 235 g/mol. The molecule has 0 aliphatic carbocycles. The van der Waals surface area contributed by atoms with Crippen molar-refractivity contribution < 1.29 is 9.53 Å². The molecule has 0 amide bonds. The second-order valence-corrected chi connectivity index (χ2v) is 4.69. The van der Waals surface area contributed by atoms with Crippen LogP contribution in [0.25, 0.3) is 0 Å². The first-order valence-corrected chi connectivity index (χ1v) is 5.89. The fourth-order valence-corrected chi connectivity index (χ4v) is 1.86. The van der Waals surface area contributed by atoms with Gasteiger partial charge < -0.3 is 10.5 Å². The van der Waals surface area contributed by atoms with Gasteiger partial charge in [0, 0.05) is 6.42 Å². The van der Waals surface area contributed by atoms with Gasteiger partial charge in [-0.2, -0.15) is 0 Å². The molecule has 1 unspecified atom stereocenters. The van der Waals surface area contributed by atoms with Crippen LogP contribution in [0.4, 0.5) is 0 Å². The number of esters is 1. The maximum atomic E-state index is 11.7. The van der Waals surface area contributed by atoms with Crippen molar-refractivity contribution >= 4 is 5.97 Å². The summed E-state index contributed by atoms with van der Waals surface area (Å²) in [5.41, 5.74) is 8.52. The highest BCUT2D eigenvalue weighted by molar-refractivity contribution is 5.80. The van der Waals surface area contributed by atoms with E-state index in [9.17, 15) is 4.79 Å². The summed E-state index contributed by atoms with van der Waals surface area (Å²) in [4.78, 5) is 11.7. The normalized spacial score (nSPS) is 14.2. The van der Waals surface area contributed by atoms with Gasteiger partial charge in [-0.3, -0.25) is 4.79 Å². The molecule has 0 aromatic heterocycles. The zero-order valence-corrected chi connectivity index (χ0v) is 11.0. The second kappa shape index (κ2) is 5.32. The van der Waals surface area contributed by atoms with Crippen molar-refractivity contribution in [2.75, 3.05) is 6.61 Å². The molecule has 0 radical (unpaired) electrons. The van der Waals surface area contributed by atoms with Crippen molar-refractivity contribution in [3.8, 4) is 0 Å². The fourth-order valence-electron chi connectivity index (χ4n) is 1.86. The summed E-state index contributed by atoms with van der Waals surface area (Å²) in [5.74, 6) is -0.345. The zero-order chi connectivity index (χ0) is 13.1. The minimum absolute atomic E-state index is 0.345. The first-order valence-electron chi connectivity index (χ1n) is 5.89. The topological polar surface area (TPSA) is 52.3 Å². The van der Waals surface area contributed by atoms with E-state index >= 15 is 0 Å². The maximum absolute atomic E-state index is 11.7. The lowest BCUT2D eigenvalue weighted by molar-refractivity contribution is -0.148. The van der Waals surface area contributed by atoms with Crippen LogP contribution in [0.5, 0.6) is 0 Å². The summed E-state index contributed by atoms with van der Waals surface area (Å²) in [6.07, 6.45) is 0.504. The Morgan fingerprint density at radius 2 is 1.88 bits per heavy atom. The van der Waals surface area contributed by atoms with E-state index in [1.807, 2.05) is 32.0 Å². The minimum atomic E-state index is -0.965. The zero-order valence-electron chi connectivity index (χ0n) is 11.0. The first kappa shape index (κ1) is 13.7. The van der Waals surface area contributed by atoms with E-state index in [-0.39, 0.29) is 5.97 Å². The fraction of sp³-hybridized carbons (Fsp3) is 0.500. The predicted molar refractivity (Wildman–Crippen MR) is 68.8 cm³/mol. The third-order valence-corrected chi connectivity index (χ3v) is 2.93. The molecule has 1 aromatic rings. The number of carbonyl (C=O) groups excluding carboxylic acids is 1. The summed E-state index contributed by atoms with van der Waals surface area (Å²) >= 11 is 0. The van der Waals surface area contributed by atoms with E-state index < -0.39 is 5.54 Å². The van der Waals surface area contributed by atoms with Crippen LogP contribution in [0, 0.1) is 13.8 Å². The molecule has 1 rings (SSSR count). The Kier molecular flexibility index (Phi) is 4.29. The van der Waals surface area contributed by atoms with Crippen molar-refractivity contribution in [1.82, 2.24) is 0 Å². The van der Waals surface area contributed by atoms with Gasteiger partial charge in [-0.15, -0.1) is 0 Å². The summed E-state index contributed by atoms with van der Waals surface area (Å²) in [7, 11) is 0. The molecule has 0 spiro atoms. The van der Waals surface area contributed by atoms with E-state index in [1.165, 1.54) is 0 Å². The van der Waals surface area contributed by atoms with Gasteiger partial charge >= 0.3 is 5.97 Å². The Bertz CT molecular complexity index is 390. The van der Waals surface area contributed by atoms with Crippen molar-refractivity contribution in [2.45, 2.75) is 39.7 Å². The summed E-state index contributed by atoms with van der Waals surface area (Å²) in [6, 6.07) is 6.07. The number of carbonyl (C=O) groups is 1. The highest BCUT2D eigenvalue weighted by Gasteiger charge is 2.31. The van der Waals surface area contributed by atoms with Crippen LogP contribution in [0.15, 0.2) is 18.2 Å². The third kappa shape index (κ3) is 3.30. The van der Waals surface area contributed by atoms with Crippen molar-refractivity contribution in [3.05, 3.63) is 34.9 Å². The molecule has 1 aromatic carbocycles. The SMILES string of the molecule is CCOC(=O)C(C)(N)Cc1c(C)cccc1C. The van der Waals surface area contributed by atoms with Crippen molar-refractivity contribution in [2.24, 2.45) is 5.73 Å². The molecule has 0 bridgehead atoms. The molecule has 2 N–H and O–H groups in total. The van der Waals surface area contributed by atoms with Crippen LogP contribution < -0.4 is 5.73 Å². The molecule has 17 heavy (non-hydrogen) atoms. The van der Waals surface area contributed by atoms with E-state index in [0.717, 1.165) is 16.7 Å². The maximum Gasteiger partial charge on any atom is 0.326 e. The molecule has 0 saturated carbocycles. The van der Waals surface area contributed by atoms with E-state index in [4.69, 9.17) is 10.5 Å². The van der Waals surface area contributed by atoms with Crippen LogP contribution in [0.2, 0.25) is 0 Å². The standard InChI is InChI=1S/C14H21NO2/c1-5-17-13(16)14(4,15)9-12-10(2)7-6-8-11(12)3/h6-8H,5,9,15H2,1-4H3. The van der Waals surface area contributed by atoms with Gasteiger partial charge in [0.1, 0.15) is 5.54 Å². The highest BCUT2D eigenvalue weighted by atomic mass is 16.5. The number of benzene rings is 1. The molecule has 3 nitrogen and oxygen atoms in total. The number of ether oxygens (including phenoxy) is 1. The van der Waals surface area contributed by atoms with Gasteiger partial charge in [-0.05, 0) is 44.4 Å². The summed E-state index contributed by atoms with van der Waals surface area (Å²) < 4.78 is 4.99. The van der Waals surface area contributed by atoms with Gasteiger partial charge in [0.05, 0.1) is 6.61 Å². The molecule has 3 heteroatoms. The van der Waals surface area contributed by atoms with Crippen molar-refractivity contribution in [1.29, 1.82) is 0 Å². The lowest BCUT2D eigenvalue weighted by Crippen LogP contribution is -2.48. The minimum Gasteiger partial charge on any atom is -0.465 e. The predicted octanol–water partition coefficient (Wildman–Crippen LogP) is 2.13. The number of hydrogen-bond donors (Lipinski definition) is 1.